The van der Waals surface area contributed by atoms with Gasteiger partial charge in [-0.1, -0.05) is 82.7 Å². The van der Waals surface area contributed by atoms with Gasteiger partial charge in [0.1, 0.15) is 8.80 Å². The van der Waals surface area contributed by atoms with Crippen molar-refractivity contribution in [1.29, 1.82) is 0 Å². The Morgan fingerprint density at radius 1 is 0.833 bits per heavy atom. The maximum absolute atomic E-state index is 2.37. The van der Waals surface area contributed by atoms with E-state index in [4.69, 9.17) is 0 Å². The Labute approximate surface area is 112 Å². The van der Waals surface area contributed by atoms with Crippen molar-refractivity contribution in [2.75, 3.05) is 0 Å². The summed E-state index contributed by atoms with van der Waals surface area (Å²) < 4.78 is 0. The molecule has 0 amide bonds. The first-order valence-corrected chi connectivity index (χ1v) is 8.08. The lowest BCUT2D eigenvalue weighted by Gasteiger charge is -2.14. The average molecular weight is 251 g/mol. The quantitative estimate of drug-likeness (QED) is 0.578. The predicted octanol–water partition coefficient (Wildman–Crippen LogP) is 3.26. The van der Waals surface area contributed by atoms with Crippen molar-refractivity contribution >= 4 is 19.2 Å². The standard InChI is InChI=1S/C17H19Si/c1-15(2)13-14-18(16-9-5-3-6-10-16)17-11-7-4-8-12-17/h3-13H,14H2,1-2H3. The molecule has 0 aliphatic heterocycles. The van der Waals surface area contributed by atoms with Gasteiger partial charge in [0.15, 0.2) is 0 Å². The smallest absolute Gasteiger partial charge is 0.0881 e. The molecular formula is C17H19Si. The minimum atomic E-state index is -0.671. The third-order valence-corrected chi connectivity index (χ3v) is 5.63. The van der Waals surface area contributed by atoms with Gasteiger partial charge in [-0.05, 0) is 19.9 Å². The van der Waals surface area contributed by atoms with E-state index < -0.39 is 8.80 Å². The summed E-state index contributed by atoms with van der Waals surface area (Å²) in [6.07, 6.45) is 2.37. The highest BCUT2D eigenvalue weighted by Gasteiger charge is 2.14. The molecule has 0 aliphatic rings. The van der Waals surface area contributed by atoms with Crippen LogP contribution in [0, 0.1) is 0 Å². The van der Waals surface area contributed by atoms with Crippen molar-refractivity contribution < 1.29 is 0 Å². The van der Waals surface area contributed by atoms with E-state index in [1.54, 1.807) is 0 Å². The third kappa shape index (κ3) is 3.44. The summed E-state index contributed by atoms with van der Waals surface area (Å²) in [6.45, 7) is 4.35. The minimum Gasteiger partial charge on any atom is -0.0881 e. The van der Waals surface area contributed by atoms with Crippen LogP contribution in [0.3, 0.4) is 0 Å². The summed E-state index contributed by atoms with van der Waals surface area (Å²) in [4.78, 5) is 0. The van der Waals surface area contributed by atoms with Gasteiger partial charge in [0, 0.05) is 0 Å². The van der Waals surface area contributed by atoms with Crippen LogP contribution < -0.4 is 10.4 Å². The highest BCUT2D eigenvalue weighted by atomic mass is 28.3. The first-order valence-electron chi connectivity index (χ1n) is 6.37. The summed E-state index contributed by atoms with van der Waals surface area (Å²) in [7, 11) is -0.671. The molecule has 0 fully saturated rings. The van der Waals surface area contributed by atoms with E-state index in [0.717, 1.165) is 0 Å². The molecule has 1 radical (unpaired) electrons. The van der Waals surface area contributed by atoms with E-state index in [1.165, 1.54) is 22.0 Å². The Morgan fingerprint density at radius 3 is 1.67 bits per heavy atom. The van der Waals surface area contributed by atoms with Crippen molar-refractivity contribution in [1.82, 2.24) is 0 Å². The summed E-state index contributed by atoms with van der Waals surface area (Å²) in [5, 5.41) is 2.98. The van der Waals surface area contributed by atoms with Gasteiger partial charge in [0.05, 0.1) is 0 Å². The molecule has 2 aromatic carbocycles. The number of rotatable bonds is 4. The van der Waals surface area contributed by atoms with Crippen LogP contribution in [-0.4, -0.2) is 8.80 Å². The van der Waals surface area contributed by atoms with E-state index in [2.05, 4.69) is 80.6 Å². The Morgan fingerprint density at radius 2 is 1.28 bits per heavy atom. The van der Waals surface area contributed by atoms with Crippen molar-refractivity contribution in [2.45, 2.75) is 19.9 Å². The molecule has 2 rings (SSSR count). The summed E-state index contributed by atoms with van der Waals surface area (Å²) in [6, 6.07) is 23.0. The molecule has 0 spiro atoms. The van der Waals surface area contributed by atoms with Gasteiger partial charge in [-0.15, -0.1) is 0 Å². The van der Waals surface area contributed by atoms with Crippen LogP contribution >= 0.6 is 0 Å². The third-order valence-electron chi connectivity index (χ3n) is 2.96. The number of hydrogen-bond acceptors (Lipinski definition) is 0. The Bertz CT molecular complexity index is 456. The molecule has 0 N–H and O–H groups in total. The maximum Gasteiger partial charge on any atom is 0.125 e. The first kappa shape index (κ1) is 12.8. The second kappa shape index (κ2) is 6.36. The lowest BCUT2D eigenvalue weighted by Crippen LogP contribution is -2.41. The van der Waals surface area contributed by atoms with Crippen molar-refractivity contribution in [3.8, 4) is 0 Å². The molecule has 0 heterocycles. The Kier molecular flexibility index (Phi) is 4.54. The van der Waals surface area contributed by atoms with Crippen LogP contribution in [0.4, 0.5) is 0 Å². The van der Waals surface area contributed by atoms with Crippen LogP contribution in [0.5, 0.6) is 0 Å². The van der Waals surface area contributed by atoms with E-state index in [9.17, 15) is 0 Å². The fraction of sp³-hybridized carbons (Fsp3) is 0.176. The van der Waals surface area contributed by atoms with E-state index in [1.807, 2.05) is 0 Å². The van der Waals surface area contributed by atoms with Crippen molar-refractivity contribution in [3.63, 3.8) is 0 Å². The molecule has 0 saturated heterocycles. The van der Waals surface area contributed by atoms with Gasteiger partial charge in [-0.3, -0.25) is 0 Å². The van der Waals surface area contributed by atoms with Gasteiger partial charge >= 0.3 is 0 Å². The van der Waals surface area contributed by atoms with Gasteiger partial charge in [0.2, 0.25) is 0 Å². The summed E-state index contributed by atoms with van der Waals surface area (Å²) >= 11 is 0. The molecule has 1 heteroatoms. The predicted molar refractivity (Wildman–Crippen MR) is 82.1 cm³/mol. The van der Waals surface area contributed by atoms with Crippen LogP contribution in [0.25, 0.3) is 0 Å². The van der Waals surface area contributed by atoms with E-state index in [-0.39, 0.29) is 0 Å². The molecule has 0 atom stereocenters. The fourth-order valence-corrected chi connectivity index (χ4v) is 4.59. The van der Waals surface area contributed by atoms with Crippen LogP contribution in [-0.2, 0) is 0 Å². The molecule has 0 aromatic heterocycles. The number of benzene rings is 2. The monoisotopic (exact) mass is 251 g/mol. The minimum absolute atomic E-state index is 0.671. The summed E-state index contributed by atoms with van der Waals surface area (Å²) in [5.74, 6) is 0. The maximum atomic E-state index is 2.37. The lowest BCUT2D eigenvalue weighted by molar-refractivity contribution is 1.35. The molecule has 0 aliphatic carbocycles. The van der Waals surface area contributed by atoms with Crippen LogP contribution in [0.2, 0.25) is 6.04 Å². The van der Waals surface area contributed by atoms with Crippen molar-refractivity contribution in [3.05, 3.63) is 72.3 Å². The molecule has 18 heavy (non-hydrogen) atoms. The first-order chi connectivity index (χ1) is 8.77. The zero-order valence-electron chi connectivity index (χ0n) is 11.1. The molecule has 2 aromatic rings. The molecule has 0 bridgehead atoms. The fourth-order valence-electron chi connectivity index (χ4n) is 1.99. The van der Waals surface area contributed by atoms with Crippen LogP contribution in [0.15, 0.2) is 72.3 Å². The largest absolute Gasteiger partial charge is 0.125 e. The van der Waals surface area contributed by atoms with Crippen LogP contribution in [0.1, 0.15) is 13.8 Å². The Hall–Kier alpha value is -1.60. The zero-order valence-corrected chi connectivity index (χ0v) is 12.1. The van der Waals surface area contributed by atoms with Crippen molar-refractivity contribution in [2.24, 2.45) is 0 Å². The lowest BCUT2D eigenvalue weighted by atomic mass is 10.3. The van der Waals surface area contributed by atoms with E-state index >= 15 is 0 Å². The number of hydrogen-bond donors (Lipinski definition) is 0. The normalized spacial score (nSPS) is 10.4. The number of allylic oxidation sites excluding steroid dienone is 2. The molecule has 91 valence electrons. The average Bonchev–Trinajstić information content (AvgIpc) is 2.41. The van der Waals surface area contributed by atoms with Gasteiger partial charge in [-0.25, -0.2) is 0 Å². The van der Waals surface area contributed by atoms with Gasteiger partial charge < -0.3 is 0 Å². The molecule has 0 nitrogen and oxygen atoms in total. The molecule has 0 saturated carbocycles. The Balaban J connectivity index is 2.32. The molecular weight excluding hydrogens is 232 g/mol. The SMILES string of the molecule is CC(C)=CC[Si](c1ccccc1)c1ccccc1. The van der Waals surface area contributed by atoms with Gasteiger partial charge in [0.25, 0.3) is 0 Å². The second-order valence-corrected chi connectivity index (χ2v) is 7.22. The van der Waals surface area contributed by atoms with E-state index in [0.29, 0.717) is 0 Å². The highest BCUT2D eigenvalue weighted by molar-refractivity contribution is 6.85. The van der Waals surface area contributed by atoms with Gasteiger partial charge in [-0.2, -0.15) is 0 Å². The highest BCUT2D eigenvalue weighted by Crippen LogP contribution is 2.02. The summed E-state index contributed by atoms with van der Waals surface area (Å²) in [5.41, 5.74) is 1.41. The topological polar surface area (TPSA) is 0 Å². The molecule has 0 unspecified atom stereocenters. The second-order valence-electron chi connectivity index (χ2n) is 4.70. The zero-order chi connectivity index (χ0) is 12.8.